The largest absolute Gasteiger partial charge is 0.497 e. The molecule has 0 amide bonds. The van der Waals surface area contributed by atoms with Crippen molar-refractivity contribution in [2.75, 3.05) is 7.11 Å². The van der Waals surface area contributed by atoms with E-state index in [2.05, 4.69) is 0 Å². The maximum Gasteiger partial charge on any atom is 0.336 e. The SMILES string of the molecule is COc1ccc(C(=O)O)c(C=CCC#N)c1. The number of carboxylic acids is 1. The second-order valence-corrected chi connectivity index (χ2v) is 3.02. The summed E-state index contributed by atoms with van der Waals surface area (Å²) < 4.78 is 5.00. The van der Waals surface area contributed by atoms with Crippen LogP contribution in [0.5, 0.6) is 5.75 Å². The molecule has 0 bridgehead atoms. The minimum atomic E-state index is -1.00. The van der Waals surface area contributed by atoms with Gasteiger partial charge in [-0.05, 0) is 23.8 Å². The molecule has 1 rings (SSSR count). The number of nitriles is 1. The number of nitrogens with zero attached hydrogens (tertiary/aromatic N) is 1. The Hall–Kier alpha value is -2.28. The first-order chi connectivity index (χ1) is 7.69. The van der Waals surface area contributed by atoms with E-state index in [9.17, 15) is 4.79 Å². The van der Waals surface area contributed by atoms with Crippen molar-refractivity contribution in [3.8, 4) is 11.8 Å². The van der Waals surface area contributed by atoms with Crippen molar-refractivity contribution in [3.05, 3.63) is 35.4 Å². The average molecular weight is 217 g/mol. The highest BCUT2D eigenvalue weighted by atomic mass is 16.5. The van der Waals surface area contributed by atoms with Gasteiger partial charge < -0.3 is 9.84 Å². The molecule has 0 aliphatic rings. The van der Waals surface area contributed by atoms with Crippen LogP contribution in [0.25, 0.3) is 6.08 Å². The monoisotopic (exact) mass is 217 g/mol. The molecule has 0 fully saturated rings. The van der Waals surface area contributed by atoms with E-state index < -0.39 is 5.97 Å². The fourth-order valence-electron chi connectivity index (χ4n) is 1.24. The quantitative estimate of drug-likeness (QED) is 0.840. The molecule has 1 aromatic rings. The van der Waals surface area contributed by atoms with Crippen LogP contribution in [0.3, 0.4) is 0 Å². The summed E-state index contributed by atoms with van der Waals surface area (Å²) in [5.74, 6) is -0.416. The summed E-state index contributed by atoms with van der Waals surface area (Å²) in [5, 5.41) is 17.3. The van der Waals surface area contributed by atoms with Gasteiger partial charge in [0.1, 0.15) is 5.75 Å². The average Bonchev–Trinajstić information content (AvgIpc) is 2.29. The van der Waals surface area contributed by atoms with Crippen molar-refractivity contribution in [3.63, 3.8) is 0 Å². The van der Waals surface area contributed by atoms with Crippen LogP contribution in [-0.4, -0.2) is 18.2 Å². The van der Waals surface area contributed by atoms with Gasteiger partial charge >= 0.3 is 5.97 Å². The Kier molecular flexibility index (Phi) is 4.10. The Bertz CT molecular complexity index is 458. The van der Waals surface area contributed by atoms with Gasteiger partial charge in [-0.2, -0.15) is 5.26 Å². The Balaban J connectivity index is 3.11. The summed E-state index contributed by atoms with van der Waals surface area (Å²) in [5.41, 5.74) is 0.720. The zero-order valence-electron chi connectivity index (χ0n) is 8.80. The molecule has 1 N–H and O–H groups in total. The lowest BCUT2D eigenvalue weighted by Gasteiger charge is -2.04. The Labute approximate surface area is 93.4 Å². The van der Waals surface area contributed by atoms with Gasteiger partial charge in [-0.3, -0.25) is 0 Å². The lowest BCUT2D eigenvalue weighted by molar-refractivity contribution is 0.0696. The van der Waals surface area contributed by atoms with Gasteiger partial charge in [-0.15, -0.1) is 0 Å². The van der Waals surface area contributed by atoms with E-state index in [0.29, 0.717) is 11.3 Å². The van der Waals surface area contributed by atoms with Crippen molar-refractivity contribution >= 4 is 12.0 Å². The molecule has 4 heteroatoms. The Morgan fingerprint density at radius 2 is 2.38 bits per heavy atom. The predicted molar refractivity (Wildman–Crippen MR) is 59.2 cm³/mol. The van der Waals surface area contributed by atoms with Crippen LogP contribution < -0.4 is 4.74 Å². The van der Waals surface area contributed by atoms with Gasteiger partial charge in [-0.25, -0.2) is 4.79 Å². The van der Waals surface area contributed by atoms with Crippen LogP contribution in [0.2, 0.25) is 0 Å². The van der Waals surface area contributed by atoms with E-state index in [1.54, 1.807) is 24.3 Å². The molecular weight excluding hydrogens is 206 g/mol. The predicted octanol–water partition coefficient (Wildman–Crippen LogP) is 2.32. The summed E-state index contributed by atoms with van der Waals surface area (Å²) >= 11 is 0. The Morgan fingerprint density at radius 3 is 2.94 bits per heavy atom. The minimum Gasteiger partial charge on any atom is -0.497 e. The van der Waals surface area contributed by atoms with Crippen LogP contribution >= 0.6 is 0 Å². The lowest BCUT2D eigenvalue weighted by Crippen LogP contribution is -1.99. The molecule has 0 aliphatic carbocycles. The smallest absolute Gasteiger partial charge is 0.336 e. The van der Waals surface area contributed by atoms with E-state index in [1.807, 2.05) is 6.07 Å². The summed E-state index contributed by atoms with van der Waals surface area (Å²) in [6, 6.07) is 6.64. The van der Waals surface area contributed by atoms with Crippen LogP contribution in [0.15, 0.2) is 24.3 Å². The van der Waals surface area contributed by atoms with Crippen molar-refractivity contribution in [1.82, 2.24) is 0 Å². The highest BCUT2D eigenvalue weighted by molar-refractivity contribution is 5.92. The molecular formula is C12H11NO3. The Morgan fingerprint density at radius 1 is 1.62 bits per heavy atom. The zero-order chi connectivity index (χ0) is 12.0. The van der Waals surface area contributed by atoms with Gasteiger partial charge in [0.2, 0.25) is 0 Å². The van der Waals surface area contributed by atoms with Gasteiger partial charge in [0.15, 0.2) is 0 Å². The standard InChI is InChI=1S/C12H11NO3/c1-16-10-5-6-11(12(14)15)9(8-10)4-2-3-7-13/h2,4-6,8H,3H2,1H3,(H,14,15). The number of hydrogen-bond donors (Lipinski definition) is 1. The fraction of sp³-hybridized carbons (Fsp3) is 0.167. The van der Waals surface area contributed by atoms with Gasteiger partial charge in [0.05, 0.1) is 25.2 Å². The number of rotatable bonds is 4. The number of carbonyl (C=O) groups is 1. The topological polar surface area (TPSA) is 70.3 Å². The van der Waals surface area contributed by atoms with Crippen molar-refractivity contribution in [2.24, 2.45) is 0 Å². The van der Waals surface area contributed by atoms with Crippen molar-refractivity contribution in [1.29, 1.82) is 5.26 Å². The molecule has 0 saturated carbocycles. The maximum atomic E-state index is 10.9. The number of benzene rings is 1. The minimum absolute atomic E-state index is 0.190. The van der Waals surface area contributed by atoms with Gasteiger partial charge in [-0.1, -0.05) is 12.2 Å². The van der Waals surface area contributed by atoms with Crippen molar-refractivity contribution in [2.45, 2.75) is 6.42 Å². The first kappa shape index (κ1) is 11.8. The number of hydrogen-bond acceptors (Lipinski definition) is 3. The molecule has 0 atom stereocenters. The number of aromatic carboxylic acids is 1. The van der Waals surface area contributed by atoms with Crippen molar-refractivity contribution < 1.29 is 14.6 Å². The number of carboxylic acid groups (broad SMARTS) is 1. The highest BCUT2D eigenvalue weighted by Gasteiger charge is 2.08. The molecule has 0 radical (unpaired) electrons. The molecule has 0 aromatic heterocycles. The normalized spacial score (nSPS) is 10.0. The van der Waals surface area contributed by atoms with Gasteiger partial charge in [0, 0.05) is 0 Å². The molecule has 0 heterocycles. The first-order valence-corrected chi connectivity index (χ1v) is 4.64. The molecule has 0 saturated heterocycles. The lowest BCUT2D eigenvalue weighted by atomic mass is 10.1. The molecule has 0 aliphatic heterocycles. The summed E-state index contributed by atoms with van der Waals surface area (Å²) in [7, 11) is 1.51. The third kappa shape index (κ3) is 2.85. The van der Waals surface area contributed by atoms with Gasteiger partial charge in [0.25, 0.3) is 0 Å². The third-order valence-corrected chi connectivity index (χ3v) is 2.00. The fourth-order valence-corrected chi connectivity index (χ4v) is 1.24. The van der Waals surface area contributed by atoms with Crippen LogP contribution in [0.1, 0.15) is 22.3 Å². The summed E-state index contributed by atoms with van der Waals surface area (Å²) in [6.45, 7) is 0. The molecule has 82 valence electrons. The first-order valence-electron chi connectivity index (χ1n) is 4.64. The van der Waals surface area contributed by atoms with E-state index in [4.69, 9.17) is 15.1 Å². The summed E-state index contributed by atoms with van der Waals surface area (Å²) in [4.78, 5) is 10.9. The second kappa shape index (κ2) is 5.56. The highest BCUT2D eigenvalue weighted by Crippen LogP contribution is 2.19. The van der Waals surface area contributed by atoms with E-state index in [0.717, 1.165) is 0 Å². The maximum absolute atomic E-state index is 10.9. The molecule has 16 heavy (non-hydrogen) atoms. The van der Waals surface area contributed by atoms with Crippen LogP contribution in [-0.2, 0) is 0 Å². The zero-order valence-corrected chi connectivity index (χ0v) is 8.80. The van der Waals surface area contributed by atoms with Crippen LogP contribution in [0, 0.1) is 11.3 Å². The molecule has 0 spiro atoms. The molecule has 1 aromatic carbocycles. The summed E-state index contributed by atoms with van der Waals surface area (Å²) in [6.07, 6.45) is 3.46. The van der Waals surface area contributed by atoms with E-state index in [1.165, 1.54) is 13.2 Å². The number of methoxy groups -OCH3 is 1. The molecule has 0 unspecified atom stereocenters. The van der Waals surface area contributed by atoms with Crippen LogP contribution in [0.4, 0.5) is 0 Å². The number of ether oxygens (including phenoxy) is 1. The number of allylic oxidation sites excluding steroid dienone is 1. The second-order valence-electron chi connectivity index (χ2n) is 3.02. The third-order valence-electron chi connectivity index (χ3n) is 2.00. The van der Waals surface area contributed by atoms with E-state index >= 15 is 0 Å². The molecule has 4 nitrogen and oxygen atoms in total. The van der Waals surface area contributed by atoms with E-state index in [-0.39, 0.29) is 12.0 Å².